The van der Waals surface area contributed by atoms with Crippen molar-refractivity contribution in [2.75, 3.05) is 26.3 Å². The fraction of sp³-hybridized carbons (Fsp3) is 0.400. The largest absolute Gasteiger partial charge is 0.507 e. The van der Waals surface area contributed by atoms with E-state index in [0.717, 1.165) is 24.4 Å². The lowest BCUT2D eigenvalue weighted by Crippen LogP contribution is -3.12. The SMILES string of the molecule is Cc1oc2ccc(O)c(C[NH+]3CCC[C@@H](C)C3)c2c1C(=O)OCCOc1ccccc1. The van der Waals surface area contributed by atoms with Crippen molar-refractivity contribution in [2.45, 2.75) is 33.2 Å². The van der Waals surface area contributed by atoms with Crippen LogP contribution in [0.1, 0.15) is 41.4 Å². The van der Waals surface area contributed by atoms with Crippen LogP contribution in [0.25, 0.3) is 11.0 Å². The molecule has 6 heteroatoms. The lowest BCUT2D eigenvalue weighted by molar-refractivity contribution is -0.922. The third-order valence-corrected chi connectivity index (χ3v) is 5.94. The number of rotatable bonds is 7. The molecule has 1 saturated heterocycles. The molecule has 2 atom stereocenters. The van der Waals surface area contributed by atoms with Crippen molar-refractivity contribution in [3.63, 3.8) is 0 Å². The number of carbonyl (C=O) groups is 1. The van der Waals surface area contributed by atoms with Crippen molar-refractivity contribution in [3.8, 4) is 11.5 Å². The average Bonchev–Trinajstić information content (AvgIpc) is 3.10. The van der Waals surface area contributed by atoms with Gasteiger partial charge in [-0.05, 0) is 44.0 Å². The minimum absolute atomic E-state index is 0.128. The van der Waals surface area contributed by atoms with Crippen LogP contribution in [0.3, 0.4) is 0 Å². The predicted octanol–water partition coefficient (Wildman–Crippen LogP) is 3.50. The Morgan fingerprint density at radius 2 is 2.00 bits per heavy atom. The number of piperidine rings is 1. The van der Waals surface area contributed by atoms with Gasteiger partial charge in [0.1, 0.15) is 48.2 Å². The standard InChI is InChI=1S/C25H29NO5/c1-17-7-6-12-26(15-17)16-20-21(27)10-11-22-24(20)23(18(2)31-22)25(28)30-14-13-29-19-8-4-3-5-9-19/h3-5,8-11,17,27H,6-7,12-16H2,1-2H3/p+1/t17-/m1/s1. The van der Waals surface area contributed by atoms with Gasteiger partial charge in [-0.1, -0.05) is 25.1 Å². The van der Waals surface area contributed by atoms with Crippen LogP contribution in [0.15, 0.2) is 46.9 Å². The molecule has 0 radical (unpaired) electrons. The Labute approximate surface area is 182 Å². The zero-order chi connectivity index (χ0) is 21.8. The number of carbonyl (C=O) groups excluding carboxylic acids is 1. The summed E-state index contributed by atoms with van der Waals surface area (Å²) >= 11 is 0. The number of hydrogen-bond acceptors (Lipinski definition) is 5. The fourth-order valence-electron chi connectivity index (χ4n) is 4.48. The topological polar surface area (TPSA) is 73.3 Å². The van der Waals surface area contributed by atoms with E-state index in [1.54, 1.807) is 19.1 Å². The Morgan fingerprint density at radius 1 is 1.19 bits per heavy atom. The number of nitrogens with one attached hydrogen (secondary N) is 1. The lowest BCUT2D eigenvalue weighted by atomic mass is 9.98. The monoisotopic (exact) mass is 424 g/mol. The number of benzene rings is 2. The van der Waals surface area contributed by atoms with Gasteiger partial charge < -0.3 is 23.9 Å². The van der Waals surface area contributed by atoms with E-state index in [-0.39, 0.29) is 19.0 Å². The molecular weight excluding hydrogens is 394 g/mol. The first-order chi connectivity index (χ1) is 15.0. The molecule has 4 rings (SSSR count). The zero-order valence-corrected chi connectivity index (χ0v) is 18.1. The first-order valence-electron chi connectivity index (χ1n) is 11.0. The fourth-order valence-corrected chi connectivity index (χ4v) is 4.48. The number of fused-ring (bicyclic) bond motifs is 1. The van der Waals surface area contributed by atoms with Gasteiger partial charge in [-0.2, -0.15) is 0 Å². The molecule has 1 aliphatic rings. The second kappa shape index (κ2) is 9.43. The van der Waals surface area contributed by atoms with E-state index in [2.05, 4.69) is 6.92 Å². The smallest absolute Gasteiger partial charge is 0.342 e. The van der Waals surface area contributed by atoms with Crippen LogP contribution >= 0.6 is 0 Å². The van der Waals surface area contributed by atoms with E-state index < -0.39 is 5.97 Å². The van der Waals surface area contributed by atoms with E-state index >= 15 is 0 Å². The van der Waals surface area contributed by atoms with Gasteiger partial charge >= 0.3 is 5.97 Å². The third-order valence-electron chi connectivity index (χ3n) is 5.94. The summed E-state index contributed by atoms with van der Waals surface area (Å²) in [6.45, 7) is 7.19. The highest BCUT2D eigenvalue weighted by atomic mass is 16.6. The maximum Gasteiger partial charge on any atom is 0.342 e. The number of para-hydroxylation sites is 1. The van der Waals surface area contributed by atoms with Crippen LogP contribution < -0.4 is 9.64 Å². The number of likely N-dealkylation sites (tertiary alicyclic amines) is 1. The van der Waals surface area contributed by atoms with Crippen molar-refractivity contribution in [3.05, 3.63) is 59.4 Å². The number of phenols is 1. The molecule has 2 aromatic carbocycles. The maximum atomic E-state index is 12.9. The van der Waals surface area contributed by atoms with Gasteiger partial charge in [-0.3, -0.25) is 0 Å². The zero-order valence-electron chi connectivity index (χ0n) is 18.1. The predicted molar refractivity (Wildman–Crippen MR) is 118 cm³/mol. The summed E-state index contributed by atoms with van der Waals surface area (Å²) < 4.78 is 16.9. The van der Waals surface area contributed by atoms with Crippen molar-refractivity contribution in [1.82, 2.24) is 0 Å². The number of aryl methyl sites for hydroxylation is 1. The first kappa shape index (κ1) is 21.2. The van der Waals surface area contributed by atoms with Crippen LogP contribution in [0, 0.1) is 12.8 Å². The van der Waals surface area contributed by atoms with E-state index in [1.165, 1.54) is 17.7 Å². The normalized spacial score (nSPS) is 18.8. The molecule has 3 aromatic rings. The van der Waals surface area contributed by atoms with E-state index in [0.29, 0.717) is 34.8 Å². The number of quaternary nitrogens is 1. The van der Waals surface area contributed by atoms with Gasteiger partial charge in [-0.25, -0.2) is 4.79 Å². The molecule has 0 aliphatic carbocycles. The molecule has 1 unspecified atom stereocenters. The lowest BCUT2D eigenvalue weighted by Gasteiger charge is -2.28. The van der Waals surface area contributed by atoms with Crippen molar-refractivity contribution >= 4 is 16.9 Å². The molecule has 1 aliphatic heterocycles. The summed E-state index contributed by atoms with van der Waals surface area (Å²) in [4.78, 5) is 14.3. The quantitative estimate of drug-likeness (QED) is 0.449. The van der Waals surface area contributed by atoms with Crippen molar-refractivity contribution < 1.29 is 28.7 Å². The van der Waals surface area contributed by atoms with Gasteiger partial charge in [0, 0.05) is 11.3 Å². The van der Waals surface area contributed by atoms with E-state index in [4.69, 9.17) is 13.9 Å². The molecule has 2 N–H and O–H groups in total. The van der Waals surface area contributed by atoms with Gasteiger partial charge in [0.25, 0.3) is 0 Å². The van der Waals surface area contributed by atoms with Crippen LogP contribution in [-0.2, 0) is 11.3 Å². The van der Waals surface area contributed by atoms with Crippen molar-refractivity contribution in [1.29, 1.82) is 0 Å². The Morgan fingerprint density at radius 3 is 2.77 bits per heavy atom. The molecule has 1 fully saturated rings. The summed E-state index contributed by atoms with van der Waals surface area (Å²) in [5.41, 5.74) is 1.75. The van der Waals surface area contributed by atoms with Crippen molar-refractivity contribution in [2.24, 2.45) is 5.92 Å². The Balaban J connectivity index is 1.52. The molecule has 31 heavy (non-hydrogen) atoms. The average molecular weight is 425 g/mol. The number of furan rings is 1. The summed E-state index contributed by atoms with van der Waals surface area (Å²) in [6, 6.07) is 12.8. The van der Waals surface area contributed by atoms with E-state index in [9.17, 15) is 9.90 Å². The second-order valence-electron chi connectivity index (χ2n) is 8.40. The molecule has 0 bridgehead atoms. The maximum absolute atomic E-state index is 12.9. The number of ether oxygens (including phenoxy) is 2. The van der Waals surface area contributed by atoms with Crippen LogP contribution in [0.2, 0.25) is 0 Å². The van der Waals surface area contributed by atoms with Gasteiger partial charge in [0.15, 0.2) is 0 Å². The molecule has 6 nitrogen and oxygen atoms in total. The molecule has 1 aromatic heterocycles. The highest BCUT2D eigenvalue weighted by Gasteiger charge is 2.27. The van der Waals surface area contributed by atoms with Gasteiger partial charge in [-0.15, -0.1) is 0 Å². The highest BCUT2D eigenvalue weighted by Crippen LogP contribution is 2.34. The minimum Gasteiger partial charge on any atom is -0.507 e. The second-order valence-corrected chi connectivity index (χ2v) is 8.40. The highest BCUT2D eigenvalue weighted by molar-refractivity contribution is 6.06. The number of hydrogen-bond donors (Lipinski definition) is 2. The van der Waals surface area contributed by atoms with Crippen LogP contribution in [-0.4, -0.2) is 37.4 Å². The van der Waals surface area contributed by atoms with Gasteiger partial charge in [0.05, 0.1) is 18.7 Å². The van der Waals surface area contributed by atoms with Crippen LogP contribution in [0.5, 0.6) is 11.5 Å². The molecule has 0 saturated carbocycles. The summed E-state index contributed by atoms with van der Waals surface area (Å²) in [6.07, 6.45) is 2.42. The van der Waals surface area contributed by atoms with Crippen LogP contribution in [0.4, 0.5) is 0 Å². The molecular formula is C25H30NO5+. The summed E-state index contributed by atoms with van der Waals surface area (Å²) in [5.74, 6) is 1.62. The third kappa shape index (κ3) is 4.85. The number of aromatic hydroxyl groups is 1. The summed E-state index contributed by atoms with van der Waals surface area (Å²) in [7, 11) is 0. The summed E-state index contributed by atoms with van der Waals surface area (Å²) in [5, 5.41) is 11.3. The first-order valence-corrected chi connectivity index (χ1v) is 11.0. The number of phenolic OH excluding ortho intramolecular Hbond substituents is 1. The number of esters is 1. The van der Waals surface area contributed by atoms with Gasteiger partial charge in [0.2, 0.25) is 0 Å². The molecule has 2 heterocycles. The molecule has 164 valence electrons. The Hall–Kier alpha value is -2.99. The Kier molecular flexibility index (Phi) is 6.47. The van der Waals surface area contributed by atoms with E-state index in [1.807, 2.05) is 30.3 Å². The minimum atomic E-state index is -0.457. The molecule has 0 spiro atoms. The Bertz CT molecular complexity index is 1040. The molecule has 0 amide bonds.